The van der Waals surface area contributed by atoms with Gasteiger partial charge in [-0.15, -0.1) is 0 Å². The van der Waals surface area contributed by atoms with Crippen molar-refractivity contribution in [1.29, 1.82) is 0 Å². The summed E-state index contributed by atoms with van der Waals surface area (Å²) in [7, 11) is 2.18. The third kappa shape index (κ3) is 4.96. The van der Waals surface area contributed by atoms with Gasteiger partial charge in [0.15, 0.2) is 0 Å². The molecule has 3 aliphatic rings. The van der Waals surface area contributed by atoms with Crippen LogP contribution >= 0.6 is 0 Å². The number of hydrogen-bond donors (Lipinski definition) is 1. The van der Waals surface area contributed by atoms with E-state index in [1.807, 2.05) is 0 Å². The van der Waals surface area contributed by atoms with Gasteiger partial charge < -0.3 is 4.74 Å². The zero-order valence-corrected chi connectivity index (χ0v) is 18.1. The Labute approximate surface area is 180 Å². The zero-order chi connectivity index (χ0) is 20.3. The number of nitrogens with zero attached hydrogens (tertiary/aromatic N) is 3. The first-order valence-electron chi connectivity index (χ1n) is 11.6. The lowest BCUT2D eigenvalue weighted by molar-refractivity contribution is 0.193. The molecule has 5 rings (SSSR count). The zero-order valence-electron chi connectivity index (χ0n) is 18.1. The quantitative estimate of drug-likeness (QED) is 0.689. The minimum atomic E-state index is 0.706. The molecule has 1 aromatic heterocycles. The second kappa shape index (κ2) is 8.94. The van der Waals surface area contributed by atoms with Crippen molar-refractivity contribution in [3.8, 4) is 5.75 Å². The van der Waals surface area contributed by atoms with Crippen LogP contribution in [-0.2, 0) is 19.6 Å². The molecule has 2 aliphatic carbocycles. The summed E-state index contributed by atoms with van der Waals surface area (Å²) >= 11 is 0. The van der Waals surface area contributed by atoms with Crippen molar-refractivity contribution in [2.24, 2.45) is 5.92 Å². The summed E-state index contributed by atoms with van der Waals surface area (Å²) in [5.74, 6) is 2.56. The Morgan fingerprint density at radius 1 is 1.17 bits per heavy atom. The lowest BCUT2D eigenvalue weighted by Crippen LogP contribution is -2.31. The molecule has 160 valence electrons. The predicted molar refractivity (Wildman–Crippen MR) is 119 cm³/mol. The molecule has 1 aliphatic heterocycles. The summed E-state index contributed by atoms with van der Waals surface area (Å²) in [4.78, 5) is 4.95. The maximum absolute atomic E-state index is 6.07. The molecule has 1 N–H and O–H groups in total. The molecule has 5 heteroatoms. The van der Waals surface area contributed by atoms with Crippen molar-refractivity contribution in [1.82, 2.24) is 20.0 Å². The fraction of sp³-hybridized carbons (Fsp3) is 0.560. The Balaban J connectivity index is 1.20. The van der Waals surface area contributed by atoms with Crippen LogP contribution in [0.3, 0.4) is 0 Å². The number of aromatic amines is 1. The summed E-state index contributed by atoms with van der Waals surface area (Å²) < 4.78 is 6.07. The van der Waals surface area contributed by atoms with Gasteiger partial charge in [-0.25, -0.2) is 0 Å². The summed E-state index contributed by atoms with van der Waals surface area (Å²) in [6.45, 7) is 5.82. The molecule has 0 bridgehead atoms. The van der Waals surface area contributed by atoms with Crippen LogP contribution in [0.4, 0.5) is 0 Å². The normalized spacial score (nSPS) is 22.0. The van der Waals surface area contributed by atoms with Crippen molar-refractivity contribution in [3.05, 3.63) is 58.9 Å². The molecule has 0 radical (unpaired) electrons. The van der Waals surface area contributed by atoms with Crippen molar-refractivity contribution in [2.45, 2.75) is 57.7 Å². The summed E-state index contributed by atoms with van der Waals surface area (Å²) in [5, 5.41) is 7.71. The Hall–Kier alpha value is -2.11. The summed E-state index contributed by atoms with van der Waals surface area (Å²) in [5.41, 5.74) is 5.14. The van der Waals surface area contributed by atoms with E-state index in [1.54, 1.807) is 0 Å². The molecule has 1 atom stereocenters. The van der Waals surface area contributed by atoms with Gasteiger partial charge in [0.1, 0.15) is 12.4 Å². The average Bonchev–Trinajstić information content (AvgIpc) is 3.52. The molecule has 2 aromatic rings. The van der Waals surface area contributed by atoms with E-state index in [1.165, 1.54) is 61.2 Å². The Kier molecular flexibility index (Phi) is 5.91. The second-order valence-corrected chi connectivity index (χ2v) is 9.44. The number of fused-ring (bicyclic) bond motifs is 1. The van der Waals surface area contributed by atoms with Crippen molar-refractivity contribution < 1.29 is 4.74 Å². The first-order valence-corrected chi connectivity index (χ1v) is 11.6. The van der Waals surface area contributed by atoms with Gasteiger partial charge in [0, 0.05) is 49.9 Å². The third-order valence-corrected chi connectivity index (χ3v) is 6.62. The molecule has 0 amide bonds. The number of aromatic nitrogens is 2. The average molecular weight is 407 g/mol. The molecule has 2 heterocycles. The maximum Gasteiger partial charge on any atom is 0.123 e. The number of H-pyrrole nitrogens is 1. The Morgan fingerprint density at radius 3 is 2.93 bits per heavy atom. The number of benzene rings is 1. The second-order valence-electron chi connectivity index (χ2n) is 9.44. The largest absolute Gasteiger partial charge is 0.492 e. The fourth-order valence-electron chi connectivity index (χ4n) is 4.85. The number of rotatable bonds is 7. The fourth-order valence-corrected chi connectivity index (χ4v) is 4.85. The van der Waals surface area contributed by atoms with Crippen LogP contribution in [0, 0.1) is 5.92 Å². The standard InChI is InChI=1S/C25H34N4O/c1-28(18-23-14-24(27-26-23)21-8-9-21)15-20-7-10-25-22(13-20)17-29(11-12-30-25)16-19-5-3-2-4-6-19/h2-3,7,10,13-14,19,21H,4-6,8-9,11-12,15-18H2,1H3,(H,26,27). The Morgan fingerprint density at radius 2 is 2.10 bits per heavy atom. The van der Waals surface area contributed by atoms with Gasteiger partial charge in [-0.3, -0.25) is 14.9 Å². The minimum absolute atomic E-state index is 0.706. The highest BCUT2D eigenvalue weighted by Gasteiger charge is 2.26. The summed E-state index contributed by atoms with van der Waals surface area (Å²) in [6, 6.07) is 9.00. The highest BCUT2D eigenvalue weighted by atomic mass is 16.5. The van der Waals surface area contributed by atoms with Gasteiger partial charge in [0.25, 0.3) is 0 Å². The van der Waals surface area contributed by atoms with E-state index in [0.29, 0.717) is 5.92 Å². The van der Waals surface area contributed by atoms with Crippen LogP contribution in [-0.4, -0.2) is 46.7 Å². The molecule has 5 nitrogen and oxygen atoms in total. The van der Waals surface area contributed by atoms with E-state index in [9.17, 15) is 0 Å². The lowest BCUT2D eigenvalue weighted by atomic mass is 9.94. The first-order chi connectivity index (χ1) is 14.7. The molecular formula is C25H34N4O. The Bertz CT molecular complexity index is 885. The van der Waals surface area contributed by atoms with Crippen molar-refractivity contribution >= 4 is 0 Å². The van der Waals surface area contributed by atoms with E-state index in [2.05, 4.69) is 63.5 Å². The van der Waals surface area contributed by atoms with Crippen LogP contribution in [0.25, 0.3) is 0 Å². The van der Waals surface area contributed by atoms with Crippen LogP contribution in [0.15, 0.2) is 36.4 Å². The third-order valence-electron chi connectivity index (χ3n) is 6.62. The van der Waals surface area contributed by atoms with Crippen molar-refractivity contribution in [3.63, 3.8) is 0 Å². The highest BCUT2D eigenvalue weighted by Crippen LogP contribution is 2.39. The van der Waals surface area contributed by atoms with E-state index in [-0.39, 0.29) is 0 Å². The number of hydrogen-bond acceptors (Lipinski definition) is 4. The highest BCUT2D eigenvalue weighted by molar-refractivity contribution is 5.38. The van der Waals surface area contributed by atoms with E-state index >= 15 is 0 Å². The number of nitrogens with one attached hydrogen (secondary N) is 1. The SMILES string of the molecule is CN(Cc1ccc2c(c1)CN(CC1CC=CCC1)CCO2)Cc1cc(C2CC2)n[nH]1. The summed E-state index contributed by atoms with van der Waals surface area (Å²) in [6.07, 6.45) is 11.1. The molecule has 1 saturated carbocycles. The van der Waals surface area contributed by atoms with E-state index in [4.69, 9.17) is 4.74 Å². The van der Waals surface area contributed by atoms with Crippen LogP contribution in [0.2, 0.25) is 0 Å². The van der Waals surface area contributed by atoms with Gasteiger partial charge in [-0.1, -0.05) is 18.2 Å². The van der Waals surface area contributed by atoms with Gasteiger partial charge in [-0.05, 0) is 68.8 Å². The van der Waals surface area contributed by atoms with Crippen LogP contribution in [0.1, 0.15) is 60.5 Å². The number of ether oxygens (including phenoxy) is 1. The maximum atomic E-state index is 6.07. The molecular weight excluding hydrogens is 372 g/mol. The van der Waals surface area contributed by atoms with Gasteiger partial charge in [0.2, 0.25) is 0 Å². The molecule has 1 aromatic carbocycles. The molecule has 30 heavy (non-hydrogen) atoms. The number of allylic oxidation sites excluding steroid dienone is 2. The van der Waals surface area contributed by atoms with Gasteiger partial charge >= 0.3 is 0 Å². The van der Waals surface area contributed by atoms with Crippen LogP contribution in [0.5, 0.6) is 5.75 Å². The molecule has 1 unspecified atom stereocenters. The smallest absolute Gasteiger partial charge is 0.123 e. The minimum Gasteiger partial charge on any atom is -0.492 e. The van der Waals surface area contributed by atoms with E-state index in [0.717, 1.165) is 44.5 Å². The van der Waals surface area contributed by atoms with Crippen molar-refractivity contribution in [2.75, 3.05) is 26.7 Å². The van der Waals surface area contributed by atoms with Gasteiger partial charge in [0.05, 0.1) is 5.69 Å². The monoisotopic (exact) mass is 406 g/mol. The first kappa shape index (κ1) is 19.8. The van der Waals surface area contributed by atoms with Crippen LogP contribution < -0.4 is 4.74 Å². The topological polar surface area (TPSA) is 44.4 Å². The van der Waals surface area contributed by atoms with Gasteiger partial charge in [-0.2, -0.15) is 5.10 Å². The molecule has 1 fully saturated rings. The molecule has 0 spiro atoms. The predicted octanol–water partition coefficient (Wildman–Crippen LogP) is 4.47. The van der Waals surface area contributed by atoms with E-state index < -0.39 is 0 Å². The lowest BCUT2D eigenvalue weighted by Gasteiger charge is -2.26. The molecule has 0 saturated heterocycles.